The monoisotopic (exact) mass is 347 g/mol. The SMILES string of the molecule is CCN(CCNC(=NC)N1CCN(c2ccccc2O)CC1)C(C)C. The Hall–Kier alpha value is -1.95. The predicted octanol–water partition coefficient (Wildman–Crippen LogP) is 1.82. The molecule has 6 nitrogen and oxygen atoms in total. The Bertz CT molecular complexity index is 553. The van der Waals surface area contributed by atoms with Crippen molar-refractivity contribution in [2.45, 2.75) is 26.8 Å². The highest BCUT2D eigenvalue weighted by molar-refractivity contribution is 5.80. The van der Waals surface area contributed by atoms with Crippen LogP contribution in [0.4, 0.5) is 5.69 Å². The average Bonchev–Trinajstić information content (AvgIpc) is 2.62. The minimum atomic E-state index is 0.354. The molecule has 1 saturated heterocycles. The van der Waals surface area contributed by atoms with Gasteiger partial charge in [-0.15, -0.1) is 0 Å². The number of phenols is 1. The molecule has 0 unspecified atom stereocenters. The first kappa shape index (κ1) is 19.4. The number of piperazine rings is 1. The standard InChI is InChI=1S/C19H33N5O/c1-5-22(16(2)3)11-10-21-19(20-4)24-14-12-23(13-15-24)17-8-6-7-9-18(17)25/h6-9,16,25H,5,10-15H2,1-4H3,(H,20,21). The van der Waals surface area contributed by atoms with Gasteiger partial charge in [-0.1, -0.05) is 19.1 Å². The van der Waals surface area contributed by atoms with Gasteiger partial charge in [0.05, 0.1) is 5.69 Å². The number of nitrogens with zero attached hydrogens (tertiary/aromatic N) is 4. The molecule has 1 aliphatic rings. The quantitative estimate of drug-likeness (QED) is 0.607. The lowest BCUT2D eigenvalue weighted by Gasteiger charge is -2.38. The van der Waals surface area contributed by atoms with Gasteiger partial charge in [0.1, 0.15) is 5.75 Å². The largest absolute Gasteiger partial charge is 0.506 e. The van der Waals surface area contributed by atoms with Crippen LogP contribution in [0.3, 0.4) is 0 Å². The van der Waals surface area contributed by atoms with Gasteiger partial charge in [-0.05, 0) is 32.5 Å². The van der Waals surface area contributed by atoms with E-state index in [0.717, 1.165) is 57.5 Å². The summed E-state index contributed by atoms with van der Waals surface area (Å²) in [6, 6.07) is 8.11. The molecule has 1 aliphatic heterocycles. The second-order valence-electron chi connectivity index (χ2n) is 6.66. The van der Waals surface area contributed by atoms with E-state index in [1.54, 1.807) is 6.07 Å². The third-order valence-electron chi connectivity index (χ3n) is 4.83. The van der Waals surface area contributed by atoms with Gasteiger partial charge in [0.15, 0.2) is 5.96 Å². The molecule has 0 spiro atoms. The summed E-state index contributed by atoms with van der Waals surface area (Å²) in [6.07, 6.45) is 0. The topological polar surface area (TPSA) is 54.3 Å². The summed E-state index contributed by atoms with van der Waals surface area (Å²) < 4.78 is 0. The van der Waals surface area contributed by atoms with Gasteiger partial charge < -0.3 is 20.2 Å². The summed E-state index contributed by atoms with van der Waals surface area (Å²) in [7, 11) is 1.85. The van der Waals surface area contributed by atoms with E-state index in [0.29, 0.717) is 11.8 Å². The van der Waals surface area contributed by atoms with Crippen LogP contribution < -0.4 is 10.2 Å². The predicted molar refractivity (Wildman–Crippen MR) is 106 cm³/mol. The highest BCUT2D eigenvalue weighted by atomic mass is 16.3. The van der Waals surface area contributed by atoms with Crippen LogP contribution in [0.15, 0.2) is 29.3 Å². The number of rotatable bonds is 6. The Balaban J connectivity index is 1.83. The van der Waals surface area contributed by atoms with Gasteiger partial charge in [0.25, 0.3) is 0 Å². The minimum absolute atomic E-state index is 0.354. The van der Waals surface area contributed by atoms with Crippen molar-refractivity contribution in [3.05, 3.63) is 24.3 Å². The molecule has 1 fully saturated rings. The normalized spacial score (nSPS) is 16.0. The van der Waals surface area contributed by atoms with Crippen molar-refractivity contribution in [1.82, 2.24) is 15.1 Å². The number of likely N-dealkylation sites (N-methyl/N-ethyl adjacent to an activating group) is 1. The molecule has 0 aliphatic carbocycles. The number of guanidine groups is 1. The van der Waals surface area contributed by atoms with E-state index in [1.807, 2.05) is 25.2 Å². The van der Waals surface area contributed by atoms with Crippen LogP contribution in [-0.4, -0.2) is 79.8 Å². The molecule has 1 aromatic rings. The zero-order chi connectivity index (χ0) is 18.2. The maximum Gasteiger partial charge on any atom is 0.193 e. The number of aliphatic imine (C=N–C) groups is 1. The number of hydrogen-bond acceptors (Lipinski definition) is 4. The van der Waals surface area contributed by atoms with Crippen molar-refractivity contribution in [3.8, 4) is 5.75 Å². The van der Waals surface area contributed by atoms with Crippen molar-refractivity contribution in [3.63, 3.8) is 0 Å². The maximum atomic E-state index is 10.0. The van der Waals surface area contributed by atoms with Crippen molar-refractivity contribution < 1.29 is 5.11 Å². The van der Waals surface area contributed by atoms with E-state index in [2.05, 4.69) is 45.8 Å². The van der Waals surface area contributed by atoms with Gasteiger partial charge in [0, 0.05) is 52.4 Å². The molecule has 0 radical (unpaired) electrons. The number of para-hydroxylation sites is 2. The molecule has 0 saturated carbocycles. The van der Waals surface area contributed by atoms with Crippen LogP contribution in [0.1, 0.15) is 20.8 Å². The zero-order valence-corrected chi connectivity index (χ0v) is 16.1. The Morgan fingerprint density at radius 2 is 1.92 bits per heavy atom. The molecular formula is C19H33N5O. The molecule has 1 heterocycles. The summed E-state index contributed by atoms with van der Waals surface area (Å²) in [4.78, 5) is 11.4. The Morgan fingerprint density at radius 3 is 2.48 bits per heavy atom. The third-order valence-corrected chi connectivity index (χ3v) is 4.83. The molecule has 0 aromatic heterocycles. The molecule has 6 heteroatoms. The lowest BCUT2D eigenvalue weighted by molar-refractivity contribution is 0.236. The number of anilines is 1. The van der Waals surface area contributed by atoms with Crippen molar-refractivity contribution in [2.24, 2.45) is 4.99 Å². The average molecular weight is 348 g/mol. The molecule has 2 rings (SSSR count). The summed E-state index contributed by atoms with van der Waals surface area (Å²) in [5.41, 5.74) is 0.917. The van der Waals surface area contributed by atoms with Crippen molar-refractivity contribution in [1.29, 1.82) is 0 Å². The number of aromatic hydroxyl groups is 1. The Labute approximate surface area is 152 Å². The van der Waals surface area contributed by atoms with E-state index in [1.165, 1.54) is 0 Å². The van der Waals surface area contributed by atoms with Gasteiger partial charge in [0.2, 0.25) is 0 Å². The molecule has 140 valence electrons. The molecule has 25 heavy (non-hydrogen) atoms. The van der Waals surface area contributed by atoms with Crippen LogP contribution in [0.25, 0.3) is 0 Å². The summed E-state index contributed by atoms with van der Waals surface area (Å²) in [5.74, 6) is 1.32. The highest BCUT2D eigenvalue weighted by Crippen LogP contribution is 2.27. The number of benzene rings is 1. The minimum Gasteiger partial charge on any atom is -0.506 e. The fourth-order valence-corrected chi connectivity index (χ4v) is 3.32. The van der Waals surface area contributed by atoms with Crippen LogP contribution >= 0.6 is 0 Å². The summed E-state index contributed by atoms with van der Waals surface area (Å²) in [5, 5.41) is 13.5. The van der Waals surface area contributed by atoms with Gasteiger partial charge in [-0.2, -0.15) is 0 Å². The van der Waals surface area contributed by atoms with E-state index < -0.39 is 0 Å². The highest BCUT2D eigenvalue weighted by Gasteiger charge is 2.21. The Kier molecular flexibility index (Phi) is 7.37. The molecule has 0 atom stereocenters. The van der Waals surface area contributed by atoms with E-state index in [4.69, 9.17) is 0 Å². The molecule has 1 aromatic carbocycles. The van der Waals surface area contributed by atoms with Crippen LogP contribution in [0.5, 0.6) is 5.75 Å². The fraction of sp³-hybridized carbons (Fsp3) is 0.632. The van der Waals surface area contributed by atoms with E-state index >= 15 is 0 Å². The van der Waals surface area contributed by atoms with Crippen LogP contribution in [0, 0.1) is 0 Å². The third kappa shape index (κ3) is 5.26. The second kappa shape index (κ2) is 9.51. The molecule has 0 bridgehead atoms. The van der Waals surface area contributed by atoms with E-state index in [-0.39, 0.29) is 0 Å². The number of nitrogens with one attached hydrogen (secondary N) is 1. The first-order valence-corrected chi connectivity index (χ1v) is 9.29. The van der Waals surface area contributed by atoms with E-state index in [9.17, 15) is 5.11 Å². The lowest BCUT2D eigenvalue weighted by Crippen LogP contribution is -2.53. The first-order chi connectivity index (χ1) is 12.1. The maximum absolute atomic E-state index is 10.0. The number of phenolic OH excluding ortho intramolecular Hbond substituents is 1. The second-order valence-corrected chi connectivity index (χ2v) is 6.66. The molecular weight excluding hydrogens is 314 g/mol. The Morgan fingerprint density at radius 1 is 1.24 bits per heavy atom. The van der Waals surface area contributed by atoms with Crippen molar-refractivity contribution in [2.75, 3.05) is 57.8 Å². The lowest BCUT2D eigenvalue weighted by atomic mass is 10.2. The summed E-state index contributed by atoms with van der Waals surface area (Å²) >= 11 is 0. The smallest absolute Gasteiger partial charge is 0.193 e. The van der Waals surface area contributed by atoms with Gasteiger partial charge in [-0.25, -0.2) is 0 Å². The zero-order valence-electron chi connectivity index (χ0n) is 16.1. The van der Waals surface area contributed by atoms with Gasteiger partial charge >= 0.3 is 0 Å². The molecule has 2 N–H and O–H groups in total. The first-order valence-electron chi connectivity index (χ1n) is 9.29. The van der Waals surface area contributed by atoms with Crippen LogP contribution in [-0.2, 0) is 0 Å². The number of hydrogen-bond donors (Lipinski definition) is 2. The fourth-order valence-electron chi connectivity index (χ4n) is 3.32. The van der Waals surface area contributed by atoms with Gasteiger partial charge in [-0.3, -0.25) is 9.89 Å². The molecule has 0 amide bonds. The van der Waals surface area contributed by atoms with Crippen LogP contribution in [0.2, 0.25) is 0 Å². The van der Waals surface area contributed by atoms with Crippen molar-refractivity contribution >= 4 is 11.6 Å². The summed E-state index contributed by atoms with van der Waals surface area (Å²) in [6.45, 7) is 13.2.